The van der Waals surface area contributed by atoms with E-state index in [4.69, 9.17) is 16.3 Å². The Morgan fingerprint density at radius 1 is 1.04 bits per heavy atom. The summed E-state index contributed by atoms with van der Waals surface area (Å²) in [4.78, 5) is 39.4. The van der Waals surface area contributed by atoms with Crippen LogP contribution in [0.3, 0.4) is 0 Å². The number of carbonyl (C=O) groups is 3. The van der Waals surface area contributed by atoms with Gasteiger partial charge in [-0.2, -0.15) is 0 Å². The van der Waals surface area contributed by atoms with E-state index >= 15 is 0 Å². The number of benzene rings is 1. The first-order valence-corrected chi connectivity index (χ1v) is 7.60. The molecule has 0 saturated heterocycles. The molecule has 1 N–H and O–H groups in total. The van der Waals surface area contributed by atoms with E-state index in [9.17, 15) is 14.4 Å². The van der Waals surface area contributed by atoms with E-state index in [0.29, 0.717) is 16.4 Å². The number of esters is 2. The highest BCUT2D eigenvalue weighted by Gasteiger charge is 2.19. The lowest BCUT2D eigenvalue weighted by atomic mass is 10.1. The number of carbonyl (C=O) groups excluding carboxylic acids is 3. The summed E-state index contributed by atoms with van der Waals surface area (Å²) in [5.74, 6) is -1.44. The maximum atomic E-state index is 12.1. The summed E-state index contributed by atoms with van der Waals surface area (Å²) in [6.07, 6.45) is 0.349. The van der Waals surface area contributed by atoms with Gasteiger partial charge in [-0.15, -0.1) is 0 Å². The Bertz CT molecular complexity index is 775. The number of nitrogens with one attached hydrogen (secondary N) is 1. The molecule has 0 spiro atoms. The highest BCUT2D eigenvalue weighted by molar-refractivity contribution is 6.30. The van der Waals surface area contributed by atoms with Gasteiger partial charge in [0.1, 0.15) is 5.82 Å². The van der Waals surface area contributed by atoms with Crippen molar-refractivity contribution in [1.82, 2.24) is 4.98 Å². The second-order valence-electron chi connectivity index (χ2n) is 4.97. The van der Waals surface area contributed by atoms with Crippen molar-refractivity contribution < 1.29 is 23.9 Å². The molecule has 7 nitrogen and oxygen atoms in total. The third-order valence-corrected chi connectivity index (χ3v) is 3.40. The van der Waals surface area contributed by atoms with E-state index < -0.39 is 23.9 Å². The van der Waals surface area contributed by atoms with Crippen LogP contribution in [0.1, 0.15) is 27.6 Å². The molecule has 130 valence electrons. The zero-order valence-corrected chi connectivity index (χ0v) is 14.2. The summed E-state index contributed by atoms with van der Waals surface area (Å²) in [5.41, 5.74) is 0.510. The molecule has 0 aliphatic rings. The summed E-state index contributed by atoms with van der Waals surface area (Å²) in [7, 11) is 1.26. The van der Waals surface area contributed by atoms with Gasteiger partial charge in [0.25, 0.3) is 5.91 Å². The minimum Gasteiger partial charge on any atom is -0.465 e. The first-order valence-electron chi connectivity index (χ1n) is 7.22. The molecule has 0 saturated carbocycles. The van der Waals surface area contributed by atoms with Crippen LogP contribution < -0.4 is 5.32 Å². The van der Waals surface area contributed by atoms with Gasteiger partial charge in [0.15, 0.2) is 6.10 Å². The molecular weight excluding hydrogens is 348 g/mol. The van der Waals surface area contributed by atoms with Crippen molar-refractivity contribution in [2.45, 2.75) is 13.0 Å². The largest absolute Gasteiger partial charge is 0.465 e. The van der Waals surface area contributed by atoms with Crippen LogP contribution in [0.5, 0.6) is 0 Å². The Morgan fingerprint density at radius 3 is 2.16 bits per heavy atom. The molecule has 1 aromatic carbocycles. The predicted molar refractivity (Wildman–Crippen MR) is 90.5 cm³/mol. The number of aromatic nitrogens is 1. The molecule has 0 unspecified atom stereocenters. The second-order valence-corrected chi connectivity index (χ2v) is 5.40. The Hall–Kier alpha value is -2.93. The number of hydrogen-bond acceptors (Lipinski definition) is 6. The molecule has 1 amide bonds. The predicted octanol–water partition coefficient (Wildman–Crippen LogP) is 2.71. The molecule has 1 heterocycles. The average molecular weight is 363 g/mol. The quantitative estimate of drug-likeness (QED) is 0.822. The maximum Gasteiger partial charge on any atom is 0.338 e. The fraction of sp³-hybridized carbons (Fsp3) is 0.176. The van der Waals surface area contributed by atoms with Crippen molar-refractivity contribution in [2.75, 3.05) is 12.4 Å². The van der Waals surface area contributed by atoms with Crippen LogP contribution in [0.2, 0.25) is 5.02 Å². The van der Waals surface area contributed by atoms with E-state index in [1.807, 2.05) is 0 Å². The molecule has 8 heteroatoms. The smallest absolute Gasteiger partial charge is 0.338 e. The van der Waals surface area contributed by atoms with Gasteiger partial charge in [-0.25, -0.2) is 14.6 Å². The molecule has 2 aromatic rings. The highest BCUT2D eigenvalue weighted by atomic mass is 35.5. The minimum atomic E-state index is -1.04. The lowest BCUT2D eigenvalue weighted by Crippen LogP contribution is -2.30. The van der Waals surface area contributed by atoms with Gasteiger partial charge in [-0.05, 0) is 43.3 Å². The van der Waals surface area contributed by atoms with Crippen LogP contribution in [0.15, 0.2) is 42.6 Å². The molecule has 25 heavy (non-hydrogen) atoms. The summed E-state index contributed by atoms with van der Waals surface area (Å²) in [5, 5.41) is 2.95. The lowest BCUT2D eigenvalue weighted by molar-refractivity contribution is -0.123. The fourth-order valence-electron chi connectivity index (χ4n) is 1.82. The number of ether oxygens (including phenoxy) is 2. The van der Waals surface area contributed by atoms with Gasteiger partial charge < -0.3 is 14.8 Å². The Balaban J connectivity index is 1.95. The van der Waals surface area contributed by atoms with E-state index in [1.165, 1.54) is 50.6 Å². The van der Waals surface area contributed by atoms with Crippen LogP contribution in [0, 0.1) is 0 Å². The zero-order valence-electron chi connectivity index (χ0n) is 13.5. The summed E-state index contributed by atoms with van der Waals surface area (Å²) >= 11 is 5.71. The minimum absolute atomic E-state index is 0.205. The number of hydrogen-bond donors (Lipinski definition) is 1. The van der Waals surface area contributed by atoms with Gasteiger partial charge in [0.2, 0.25) is 0 Å². The number of amides is 1. The zero-order chi connectivity index (χ0) is 18.4. The third-order valence-electron chi connectivity index (χ3n) is 3.17. The maximum absolute atomic E-state index is 12.1. The molecule has 1 atom stereocenters. The Labute approximate surface area is 148 Å². The van der Waals surface area contributed by atoms with Crippen molar-refractivity contribution in [1.29, 1.82) is 0 Å². The molecule has 0 radical (unpaired) electrons. The van der Waals surface area contributed by atoms with Crippen molar-refractivity contribution in [3.63, 3.8) is 0 Å². The summed E-state index contributed by atoms with van der Waals surface area (Å²) in [6, 6.07) is 8.81. The number of pyridine rings is 1. The van der Waals surface area contributed by atoms with Crippen molar-refractivity contribution in [3.05, 3.63) is 58.7 Å². The SMILES string of the molecule is COC(=O)c1ccc(C(=O)O[C@H](C)C(=O)Nc2ccc(Cl)cn2)cc1. The van der Waals surface area contributed by atoms with Crippen molar-refractivity contribution in [3.8, 4) is 0 Å². The van der Waals surface area contributed by atoms with Crippen LogP contribution in [-0.2, 0) is 14.3 Å². The normalized spacial score (nSPS) is 11.3. The van der Waals surface area contributed by atoms with Gasteiger partial charge in [-0.3, -0.25) is 4.79 Å². The Morgan fingerprint density at radius 2 is 1.64 bits per heavy atom. The lowest BCUT2D eigenvalue weighted by Gasteiger charge is -2.13. The number of rotatable bonds is 5. The fourth-order valence-corrected chi connectivity index (χ4v) is 1.93. The van der Waals surface area contributed by atoms with Gasteiger partial charge in [0, 0.05) is 6.20 Å². The number of anilines is 1. The standard InChI is InChI=1S/C17H15ClN2O5/c1-10(15(21)20-14-8-7-13(18)9-19-14)25-17(23)12-5-3-11(4-6-12)16(22)24-2/h3-10H,1-2H3,(H,19,20,21)/t10-/m1/s1. The van der Waals surface area contributed by atoms with Crippen molar-refractivity contribution in [2.24, 2.45) is 0 Å². The molecule has 0 fully saturated rings. The molecule has 0 bridgehead atoms. The number of halogens is 1. The van der Waals surface area contributed by atoms with E-state index in [1.54, 1.807) is 6.07 Å². The molecular formula is C17H15ClN2O5. The summed E-state index contributed by atoms with van der Waals surface area (Å²) < 4.78 is 9.67. The number of nitrogens with zero attached hydrogens (tertiary/aromatic N) is 1. The van der Waals surface area contributed by atoms with Gasteiger partial charge in [0.05, 0.1) is 23.3 Å². The van der Waals surface area contributed by atoms with E-state index in [-0.39, 0.29) is 5.56 Å². The highest BCUT2D eigenvalue weighted by Crippen LogP contribution is 2.12. The first-order chi connectivity index (χ1) is 11.9. The second kappa shape index (κ2) is 8.25. The topological polar surface area (TPSA) is 94.6 Å². The van der Waals surface area contributed by atoms with Crippen LogP contribution in [0.4, 0.5) is 5.82 Å². The molecule has 0 aliphatic carbocycles. The van der Waals surface area contributed by atoms with E-state index in [2.05, 4.69) is 15.0 Å². The van der Waals surface area contributed by atoms with Crippen LogP contribution in [-0.4, -0.2) is 36.0 Å². The monoisotopic (exact) mass is 362 g/mol. The van der Waals surface area contributed by atoms with Gasteiger partial charge in [-0.1, -0.05) is 11.6 Å². The molecule has 1 aromatic heterocycles. The molecule has 2 rings (SSSR count). The molecule has 0 aliphatic heterocycles. The first kappa shape index (κ1) is 18.4. The van der Waals surface area contributed by atoms with Crippen LogP contribution >= 0.6 is 11.6 Å². The van der Waals surface area contributed by atoms with Gasteiger partial charge >= 0.3 is 11.9 Å². The van der Waals surface area contributed by atoms with Crippen LogP contribution in [0.25, 0.3) is 0 Å². The summed E-state index contributed by atoms with van der Waals surface area (Å²) in [6.45, 7) is 1.44. The average Bonchev–Trinajstić information content (AvgIpc) is 2.62. The number of methoxy groups -OCH3 is 1. The third kappa shape index (κ3) is 5.02. The van der Waals surface area contributed by atoms with Crippen molar-refractivity contribution >= 4 is 35.3 Å². The Kier molecular flexibility index (Phi) is 6.08. The van der Waals surface area contributed by atoms with E-state index in [0.717, 1.165) is 0 Å².